The van der Waals surface area contributed by atoms with Crippen LogP contribution in [0.1, 0.15) is 16.7 Å². The average molecular weight is 401 g/mol. The fourth-order valence-corrected chi connectivity index (χ4v) is 2.48. The Morgan fingerprint density at radius 2 is 1.90 bits per heavy atom. The smallest absolute Gasteiger partial charge is 0.290 e. The van der Waals surface area contributed by atoms with Gasteiger partial charge in [-0.25, -0.2) is 14.8 Å². The SMILES string of the molecule is N#Cc1c(-c2ccccc2)nc(NN=Cc2ccc(F)cc2C(F)(F)F)[nH]c1=O. The number of aromatic nitrogens is 2. The number of nitrogens with one attached hydrogen (secondary N) is 2. The highest BCUT2D eigenvalue weighted by Gasteiger charge is 2.33. The largest absolute Gasteiger partial charge is 0.417 e. The molecule has 2 N–H and O–H groups in total. The molecule has 0 aliphatic heterocycles. The molecule has 0 saturated heterocycles. The molecule has 29 heavy (non-hydrogen) atoms. The van der Waals surface area contributed by atoms with E-state index in [1.165, 1.54) is 0 Å². The van der Waals surface area contributed by atoms with Crippen LogP contribution in [0.15, 0.2) is 58.4 Å². The molecule has 0 aliphatic rings. The molecular formula is C19H11F4N5O. The fraction of sp³-hybridized carbons (Fsp3) is 0.0526. The zero-order valence-electron chi connectivity index (χ0n) is 14.5. The molecule has 0 amide bonds. The summed E-state index contributed by atoms with van der Waals surface area (Å²) in [6, 6.07) is 12.3. The van der Waals surface area contributed by atoms with Gasteiger partial charge in [0.1, 0.15) is 17.4 Å². The first kappa shape index (κ1) is 19.8. The predicted molar refractivity (Wildman–Crippen MR) is 97.6 cm³/mol. The molecule has 1 aromatic heterocycles. The maximum Gasteiger partial charge on any atom is 0.417 e. The minimum atomic E-state index is -4.77. The van der Waals surface area contributed by atoms with E-state index in [4.69, 9.17) is 0 Å². The molecule has 2 aromatic carbocycles. The third kappa shape index (κ3) is 4.47. The molecule has 146 valence electrons. The van der Waals surface area contributed by atoms with Gasteiger partial charge in [-0.1, -0.05) is 30.3 Å². The minimum absolute atomic E-state index is 0.0901. The number of aromatic amines is 1. The fourth-order valence-electron chi connectivity index (χ4n) is 2.48. The van der Waals surface area contributed by atoms with E-state index in [-0.39, 0.29) is 22.8 Å². The Kier molecular flexibility index (Phi) is 5.40. The van der Waals surface area contributed by atoms with E-state index in [1.54, 1.807) is 36.4 Å². The van der Waals surface area contributed by atoms with Crippen molar-refractivity contribution in [3.05, 3.63) is 81.4 Å². The van der Waals surface area contributed by atoms with Gasteiger partial charge >= 0.3 is 6.18 Å². The number of halogens is 4. The molecule has 0 bridgehead atoms. The third-order valence-corrected chi connectivity index (χ3v) is 3.77. The Morgan fingerprint density at radius 3 is 2.55 bits per heavy atom. The maximum absolute atomic E-state index is 13.1. The number of hydrogen-bond acceptors (Lipinski definition) is 5. The van der Waals surface area contributed by atoms with Gasteiger partial charge in [-0.3, -0.25) is 9.78 Å². The van der Waals surface area contributed by atoms with Crippen molar-refractivity contribution >= 4 is 12.2 Å². The van der Waals surface area contributed by atoms with Crippen molar-refractivity contribution in [2.45, 2.75) is 6.18 Å². The van der Waals surface area contributed by atoms with E-state index < -0.39 is 23.1 Å². The molecule has 0 saturated carbocycles. The average Bonchev–Trinajstić information content (AvgIpc) is 2.68. The Balaban J connectivity index is 1.94. The van der Waals surface area contributed by atoms with Gasteiger partial charge in [-0.15, -0.1) is 0 Å². The molecular weight excluding hydrogens is 390 g/mol. The Morgan fingerprint density at radius 1 is 1.17 bits per heavy atom. The zero-order valence-corrected chi connectivity index (χ0v) is 14.5. The second-order valence-corrected chi connectivity index (χ2v) is 5.72. The summed E-state index contributed by atoms with van der Waals surface area (Å²) in [7, 11) is 0. The molecule has 0 atom stereocenters. The van der Waals surface area contributed by atoms with Crippen LogP contribution in [-0.4, -0.2) is 16.2 Å². The van der Waals surface area contributed by atoms with Crippen LogP contribution in [0.5, 0.6) is 0 Å². The predicted octanol–water partition coefficient (Wildman–Crippen LogP) is 3.91. The van der Waals surface area contributed by atoms with Crippen LogP contribution in [0, 0.1) is 17.1 Å². The zero-order chi connectivity index (χ0) is 21.0. The molecule has 0 aliphatic carbocycles. The maximum atomic E-state index is 13.1. The normalized spacial score (nSPS) is 11.4. The summed E-state index contributed by atoms with van der Waals surface area (Å²) in [6.45, 7) is 0. The number of nitriles is 1. The summed E-state index contributed by atoms with van der Waals surface area (Å²) in [5, 5.41) is 12.8. The van der Waals surface area contributed by atoms with Crippen molar-refractivity contribution in [1.82, 2.24) is 9.97 Å². The number of hydrazone groups is 1. The van der Waals surface area contributed by atoms with Crippen LogP contribution >= 0.6 is 0 Å². The van der Waals surface area contributed by atoms with Gasteiger partial charge in [0.25, 0.3) is 5.56 Å². The Labute approximate surface area is 161 Å². The first-order chi connectivity index (χ1) is 13.8. The van der Waals surface area contributed by atoms with Crippen LogP contribution in [-0.2, 0) is 6.18 Å². The number of rotatable bonds is 4. The van der Waals surface area contributed by atoms with Gasteiger partial charge in [-0.2, -0.15) is 23.5 Å². The number of H-pyrrole nitrogens is 1. The van der Waals surface area contributed by atoms with Crippen molar-refractivity contribution in [2.24, 2.45) is 5.10 Å². The summed E-state index contributed by atoms with van der Waals surface area (Å²) < 4.78 is 52.2. The first-order valence-corrected chi connectivity index (χ1v) is 8.05. The Hall–Kier alpha value is -4.00. The molecule has 0 spiro atoms. The van der Waals surface area contributed by atoms with E-state index in [2.05, 4.69) is 20.5 Å². The van der Waals surface area contributed by atoms with Gasteiger partial charge in [0.15, 0.2) is 0 Å². The summed E-state index contributed by atoms with van der Waals surface area (Å²) in [4.78, 5) is 18.5. The topological polar surface area (TPSA) is 93.9 Å². The second-order valence-electron chi connectivity index (χ2n) is 5.72. The van der Waals surface area contributed by atoms with Crippen LogP contribution in [0.4, 0.5) is 23.5 Å². The van der Waals surface area contributed by atoms with E-state index in [0.717, 1.165) is 18.3 Å². The number of anilines is 1. The summed E-state index contributed by atoms with van der Waals surface area (Å²) in [6.07, 6.45) is -3.95. The lowest BCUT2D eigenvalue weighted by atomic mass is 10.1. The van der Waals surface area contributed by atoms with Gasteiger partial charge in [0, 0.05) is 11.1 Å². The van der Waals surface area contributed by atoms with Gasteiger partial charge < -0.3 is 0 Å². The summed E-state index contributed by atoms with van der Waals surface area (Å²) in [5.74, 6) is -1.22. The van der Waals surface area contributed by atoms with E-state index in [1.807, 2.05) is 0 Å². The molecule has 3 rings (SSSR count). The van der Waals surface area contributed by atoms with Crippen molar-refractivity contribution in [1.29, 1.82) is 5.26 Å². The lowest BCUT2D eigenvalue weighted by Gasteiger charge is -2.10. The molecule has 0 unspecified atom stereocenters. The van der Waals surface area contributed by atoms with Crippen LogP contribution < -0.4 is 11.0 Å². The lowest BCUT2D eigenvalue weighted by molar-refractivity contribution is -0.137. The van der Waals surface area contributed by atoms with Crippen molar-refractivity contribution in [3.8, 4) is 17.3 Å². The second kappa shape index (κ2) is 7.93. The van der Waals surface area contributed by atoms with E-state index >= 15 is 0 Å². The molecule has 3 aromatic rings. The number of hydrogen-bond donors (Lipinski definition) is 2. The van der Waals surface area contributed by atoms with Crippen LogP contribution in [0.2, 0.25) is 0 Å². The minimum Gasteiger partial charge on any atom is -0.290 e. The summed E-state index contributed by atoms with van der Waals surface area (Å²) >= 11 is 0. The number of nitrogens with zero attached hydrogens (tertiary/aromatic N) is 3. The van der Waals surface area contributed by atoms with Crippen LogP contribution in [0.25, 0.3) is 11.3 Å². The quantitative estimate of drug-likeness (QED) is 0.394. The first-order valence-electron chi connectivity index (χ1n) is 8.05. The number of alkyl halides is 3. The lowest BCUT2D eigenvalue weighted by Crippen LogP contribution is -2.16. The molecule has 6 nitrogen and oxygen atoms in total. The standard InChI is InChI=1S/C19H11F4N5O/c20-13-7-6-12(15(8-13)19(21,22)23)10-25-28-18-26-16(11-4-2-1-3-5-11)14(9-24)17(29)27-18/h1-8,10H,(H2,26,27,28,29). The van der Waals surface area contributed by atoms with Gasteiger partial charge in [-0.05, 0) is 18.2 Å². The van der Waals surface area contributed by atoms with Crippen LogP contribution in [0.3, 0.4) is 0 Å². The molecule has 1 heterocycles. The van der Waals surface area contributed by atoms with E-state index in [0.29, 0.717) is 11.6 Å². The van der Waals surface area contributed by atoms with Gasteiger partial charge in [0.2, 0.25) is 5.95 Å². The van der Waals surface area contributed by atoms with Gasteiger partial charge in [0.05, 0.1) is 17.5 Å². The Bertz CT molecular complexity index is 1160. The number of benzene rings is 2. The molecule has 0 fully saturated rings. The van der Waals surface area contributed by atoms with Crippen molar-refractivity contribution in [3.63, 3.8) is 0 Å². The van der Waals surface area contributed by atoms with Crippen molar-refractivity contribution in [2.75, 3.05) is 5.43 Å². The molecule has 0 radical (unpaired) electrons. The van der Waals surface area contributed by atoms with E-state index in [9.17, 15) is 27.6 Å². The highest BCUT2D eigenvalue weighted by Crippen LogP contribution is 2.31. The highest BCUT2D eigenvalue weighted by atomic mass is 19.4. The highest BCUT2D eigenvalue weighted by molar-refractivity contribution is 5.82. The van der Waals surface area contributed by atoms with Crippen molar-refractivity contribution < 1.29 is 17.6 Å². The molecule has 10 heteroatoms. The third-order valence-electron chi connectivity index (χ3n) is 3.77. The summed E-state index contributed by atoms with van der Waals surface area (Å²) in [5.41, 5.74) is 0.370. The monoisotopic (exact) mass is 401 g/mol.